The quantitative estimate of drug-likeness (QED) is 0.793. The largest absolute Gasteiger partial charge is 0.507 e. The number of benzene rings is 2. The van der Waals surface area contributed by atoms with Crippen molar-refractivity contribution in [2.75, 3.05) is 0 Å². The van der Waals surface area contributed by atoms with E-state index in [9.17, 15) is 5.11 Å². The van der Waals surface area contributed by atoms with Gasteiger partial charge in [-0.25, -0.2) is 0 Å². The second-order valence-corrected chi connectivity index (χ2v) is 4.95. The molecule has 0 aliphatic carbocycles. The summed E-state index contributed by atoms with van der Waals surface area (Å²) in [6.07, 6.45) is 1.06. The van der Waals surface area contributed by atoms with E-state index in [4.69, 9.17) is 0 Å². The molecule has 0 bridgehead atoms. The van der Waals surface area contributed by atoms with Crippen molar-refractivity contribution in [2.45, 2.75) is 32.6 Å². The molecular weight excluding hydrogens is 196 g/mol. The Labute approximate surface area is 96.7 Å². The lowest BCUT2D eigenvalue weighted by Crippen LogP contribution is -2.15. The Hall–Kier alpha value is -1.50. The molecule has 0 saturated heterocycles. The summed E-state index contributed by atoms with van der Waals surface area (Å²) in [7, 11) is 0. The van der Waals surface area contributed by atoms with E-state index in [1.165, 1.54) is 5.56 Å². The van der Waals surface area contributed by atoms with Gasteiger partial charge < -0.3 is 5.11 Å². The summed E-state index contributed by atoms with van der Waals surface area (Å²) in [6, 6.07) is 12.0. The van der Waals surface area contributed by atoms with Gasteiger partial charge in [-0.3, -0.25) is 0 Å². The van der Waals surface area contributed by atoms with Crippen LogP contribution >= 0.6 is 0 Å². The van der Waals surface area contributed by atoms with Crippen LogP contribution in [-0.2, 0) is 5.41 Å². The summed E-state index contributed by atoms with van der Waals surface area (Å²) in [6.45, 7) is 6.58. The maximum Gasteiger partial charge on any atom is 0.123 e. The van der Waals surface area contributed by atoms with Gasteiger partial charge in [0.25, 0.3) is 0 Å². The van der Waals surface area contributed by atoms with Gasteiger partial charge in [-0.05, 0) is 28.9 Å². The molecular formula is C15H18O. The fourth-order valence-corrected chi connectivity index (χ4v) is 1.89. The minimum atomic E-state index is 0.113. The predicted octanol–water partition coefficient (Wildman–Crippen LogP) is 4.23. The third-order valence-electron chi connectivity index (χ3n) is 3.51. The van der Waals surface area contributed by atoms with Crippen LogP contribution in [-0.4, -0.2) is 5.11 Å². The van der Waals surface area contributed by atoms with E-state index in [0.29, 0.717) is 5.75 Å². The highest BCUT2D eigenvalue weighted by Gasteiger charge is 2.19. The Morgan fingerprint density at radius 3 is 2.50 bits per heavy atom. The molecule has 0 spiro atoms. The van der Waals surface area contributed by atoms with Gasteiger partial charge in [-0.2, -0.15) is 0 Å². The summed E-state index contributed by atoms with van der Waals surface area (Å²) < 4.78 is 0. The summed E-state index contributed by atoms with van der Waals surface area (Å²) in [5, 5.41) is 12.0. The van der Waals surface area contributed by atoms with Crippen molar-refractivity contribution in [3.8, 4) is 5.75 Å². The van der Waals surface area contributed by atoms with Crippen molar-refractivity contribution in [3.05, 3.63) is 42.0 Å². The smallest absolute Gasteiger partial charge is 0.123 e. The third kappa shape index (κ3) is 1.78. The molecule has 1 nitrogen and oxygen atoms in total. The van der Waals surface area contributed by atoms with E-state index >= 15 is 0 Å². The zero-order chi connectivity index (χ0) is 11.8. The Morgan fingerprint density at radius 1 is 1.12 bits per heavy atom. The number of hydrogen-bond donors (Lipinski definition) is 1. The van der Waals surface area contributed by atoms with Gasteiger partial charge in [-0.15, -0.1) is 0 Å². The van der Waals surface area contributed by atoms with Crippen LogP contribution in [0, 0.1) is 0 Å². The monoisotopic (exact) mass is 214 g/mol. The minimum Gasteiger partial charge on any atom is -0.507 e. The first kappa shape index (κ1) is 11.0. The molecule has 2 aromatic rings. The molecule has 0 fully saturated rings. The van der Waals surface area contributed by atoms with E-state index in [1.807, 2.05) is 30.3 Å². The third-order valence-corrected chi connectivity index (χ3v) is 3.51. The molecule has 2 rings (SSSR count). The summed E-state index contributed by atoms with van der Waals surface area (Å²) in [4.78, 5) is 0. The second kappa shape index (κ2) is 3.82. The fraction of sp³-hybridized carbons (Fsp3) is 0.333. The number of aromatic hydroxyl groups is 1. The van der Waals surface area contributed by atoms with E-state index in [2.05, 4.69) is 26.8 Å². The highest BCUT2D eigenvalue weighted by molar-refractivity contribution is 5.88. The SMILES string of the molecule is CCC(C)(C)c1cc(O)c2ccccc2c1. The van der Waals surface area contributed by atoms with Crippen LogP contribution in [0.5, 0.6) is 5.75 Å². The zero-order valence-electron chi connectivity index (χ0n) is 10.1. The van der Waals surface area contributed by atoms with Crippen LogP contribution in [0.2, 0.25) is 0 Å². The van der Waals surface area contributed by atoms with Crippen LogP contribution in [0.3, 0.4) is 0 Å². The second-order valence-electron chi connectivity index (χ2n) is 4.95. The number of rotatable bonds is 2. The van der Waals surface area contributed by atoms with Crippen molar-refractivity contribution < 1.29 is 5.11 Å². The molecule has 16 heavy (non-hydrogen) atoms. The first-order valence-electron chi connectivity index (χ1n) is 5.77. The lowest BCUT2D eigenvalue weighted by atomic mass is 9.81. The van der Waals surface area contributed by atoms with Crippen LogP contribution in [0.25, 0.3) is 10.8 Å². The van der Waals surface area contributed by atoms with E-state index in [1.54, 1.807) is 0 Å². The average molecular weight is 214 g/mol. The van der Waals surface area contributed by atoms with E-state index in [-0.39, 0.29) is 5.41 Å². The van der Waals surface area contributed by atoms with Gasteiger partial charge >= 0.3 is 0 Å². The molecule has 0 atom stereocenters. The lowest BCUT2D eigenvalue weighted by Gasteiger charge is -2.24. The van der Waals surface area contributed by atoms with Crippen LogP contribution in [0.4, 0.5) is 0 Å². The molecule has 0 radical (unpaired) electrons. The maximum absolute atomic E-state index is 10.0. The number of hydrogen-bond acceptors (Lipinski definition) is 1. The van der Waals surface area contributed by atoms with Gasteiger partial charge in [-0.1, -0.05) is 51.1 Å². The van der Waals surface area contributed by atoms with Gasteiger partial charge in [0.15, 0.2) is 0 Å². The molecule has 2 aromatic carbocycles. The fourth-order valence-electron chi connectivity index (χ4n) is 1.89. The van der Waals surface area contributed by atoms with Gasteiger partial charge in [0.05, 0.1) is 0 Å². The Bertz CT molecular complexity index is 512. The standard InChI is InChI=1S/C15H18O/c1-4-15(2,3)12-9-11-7-5-6-8-13(11)14(16)10-12/h5-10,16H,4H2,1-3H3. The molecule has 84 valence electrons. The molecule has 0 amide bonds. The molecule has 0 aromatic heterocycles. The summed E-state index contributed by atoms with van der Waals surface area (Å²) in [5.74, 6) is 0.384. The van der Waals surface area contributed by atoms with Crippen LogP contribution < -0.4 is 0 Å². The van der Waals surface area contributed by atoms with Crippen molar-refractivity contribution >= 4 is 10.8 Å². The van der Waals surface area contributed by atoms with Gasteiger partial charge in [0, 0.05) is 5.39 Å². The van der Waals surface area contributed by atoms with Crippen molar-refractivity contribution in [1.82, 2.24) is 0 Å². The van der Waals surface area contributed by atoms with Gasteiger partial charge in [0.2, 0.25) is 0 Å². The average Bonchev–Trinajstić information content (AvgIpc) is 2.29. The summed E-state index contributed by atoms with van der Waals surface area (Å²) in [5.41, 5.74) is 1.31. The Kier molecular flexibility index (Phi) is 2.63. The van der Waals surface area contributed by atoms with Crippen molar-refractivity contribution in [3.63, 3.8) is 0 Å². The first-order valence-corrected chi connectivity index (χ1v) is 5.77. The highest BCUT2D eigenvalue weighted by Crippen LogP contribution is 2.34. The Balaban J connectivity index is 2.67. The lowest BCUT2D eigenvalue weighted by molar-refractivity contribution is 0.470. The molecule has 1 heteroatoms. The van der Waals surface area contributed by atoms with E-state index in [0.717, 1.165) is 17.2 Å². The topological polar surface area (TPSA) is 20.2 Å². The summed E-state index contributed by atoms with van der Waals surface area (Å²) >= 11 is 0. The number of phenolic OH excluding ortho intramolecular Hbond substituents is 1. The minimum absolute atomic E-state index is 0.113. The first-order chi connectivity index (χ1) is 7.54. The normalized spacial score (nSPS) is 11.9. The molecule has 1 N–H and O–H groups in total. The van der Waals surface area contributed by atoms with E-state index < -0.39 is 0 Å². The van der Waals surface area contributed by atoms with Crippen LogP contribution in [0.15, 0.2) is 36.4 Å². The molecule has 0 aliphatic rings. The predicted molar refractivity (Wildman–Crippen MR) is 68.9 cm³/mol. The Morgan fingerprint density at radius 2 is 1.81 bits per heavy atom. The van der Waals surface area contributed by atoms with Crippen LogP contribution in [0.1, 0.15) is 32.8 Å². The number of phenols is 1. The zero-order valence-corrected chi connectivity index (χ0v) is 10.1. The molecule has 0 unspecified atom stereocenters. The van der Waals surface area contributed by atoms with Crippen molar-refractivity contribution in [1.29, 1.82) is 0 Å². The maximum atomic E-state index is 10.0. The van der Waals surface area contributed by atoms with Crippen molar-refractivity contribution in [2.24, 2.45) is 0 Å². The molecule has 0 saturated carbocycles. The molecule has 0 heterocycles. The van der Waals surface area contributed by atoms with Gasteiger partial charge in [0.1, 0.15) is 5.75 Å². The highest BCUT2D eigenvalue weighted by atomic mass is 16.3. The molecule has 0 aliphatic heterocycles. The number of fused-ring (bicyclic) bond motifs is 1.